The molecule has 7 nitrogen and oxygen atoms in total. The van der Waals surface area contributed by atoms with Gasteiger partial charge in [-0.05, 0) is 25.7 Å². The van der Waals surface area contributed by atoms with Crippen LogP contribution >= 0.6 is 0 Å². The lowest BCUT2D eigenvalue weighted by Gasteiger charge is -2.25. The molecule has 1 saturated carbocycles. The molecule has 26 heavy (non-hydrogen) atoms. The van der Waals surface area contributed by atoms with Crippen LogP contribution in [-0.4, -0.2) is 39.3 Å². The second-order valence-corrected chi connectivity index (χ2v) is 7.51. The average molecular weight is 352 g/mol. The van der Waals surface area contributed by atoms with Gasteiger partial charge in [0.1, 0.15) is 11.4 Å². The summed E-state index contributed by atoms with van der Waals surface area (Å²) in [6, 6.07) is 0.694. The Morgan fingerprint density at radius 3 is 2.85 bits per heavy atom. The number of anilines is 1. The maximum Gasteiger partial charge on any atom is 0.341 e. The molecule has 2 unspecified atom stereocenters. The predicted octanol–water partition coefficient (Wildman–Crippen LogP) is 1.75. The topological polar surface area (TPSA) is 101 Å². The number of carbonyl (C=O) groups is 1. The fourth-order valence-corrected chi connectivity index (χ4v) is 4.31. The van der Waals surface area contributed by atoms with Crippen LogP contribution < -0.4 is 16.1 Å². The van der Waals surface area contributed by atoms with E-state index in [1.165, 1.54) is 6.20 Å². The van der Waals surface area contributed by atoms with E-state index in [2.05, 4.69) is 16.0 Å². The Morgan fingerprint density at radius 2 is 2.12 bits per heavy atom. The van der Waals surface area contributed by atoms with Crippen molar-refractivity contribution in [1.82, 2.24) is 9.55 Å². The molecule has 2 aliphatic heterocycles. The minimum atomic E-state index is -1.19. The van der Waals surface area contributed by atoms with E-state index in [1.54, 1.807) is 6.20 Å². The number of nitrogens with two attached hydrogens (primary N) is 1. The van der Waals surface area contributed by atoms with Crippen molar-refractivity contribution in [3.05, 3.63) is 39.8 Å². The zero-order valence-corrected chi connectivity index (χ0v) is 14.3. The maximum atomic E-state index is 12.7. The zero-order valence-electron chi connectivity index (χ0n) is 14.3. The Morgan fingerprint density at radius 1 is 1.31 bits per heavy atom. The van der Waals surface area contributed by atoms with E-state index < -0.39 is 11.4 Å². The average Bonchev–Trinajstić information content (AvgIpc) is 3.40. The quantitative estimate of drug-likeness (QED) is 0.854. The van der Waals surface area contributed by atoms with Crippen LogP contribution in [0.15, 0.2) is 23.3 Å². The van der Waals surface area contributed by atoms with E-state index >= 15 is 0 Å². The summed E-state index contributed by atoms with van der Waals surface area (Å²) in [5.41, 5.74) is 7.21. The molecule has 134 valence electrons. The first-order valence-corrected chi connectivity index (χ1v) is 9.04. The molecule has 7 heteroatoms. The predicted molar refractivity (Wildman–Crippen MR) is 98.6 cm³/mol. The molecule has 3 aliphatic rings. The number of nitrogens with zero attached hydrogens (tertiary/aromatic N) is 3. The summed E-state index contributed by atoms with van der Waals surface area (Å²) in [5.74, 6) is -0.344. The summed E-state index contributed by atoms with van der Waals surface area (Å²) in [7, 11) is 0. The van der Waals surface area contributed by atoms with Crippen molar-refractivity contribution < 1.29 is 9.90 Å². The van der Waals surface area contributed by atoms with Crippen molar-refractivity contribution in [1.29, 1.82) is 0 Å². The third-order valence-corrected chi connectivity index (χ3v) is 5.66. The van der Waals surface area contributed by atoms with Crippen LogP contribution in [0, 0.1) is 0 Å². The summed E-state index contributed by atoms with van der Waals surface area (Å²) in [6.07, 6.45) is 11.0. The fraction of sp³-hybridized carbons (Fsp3) is 0.421. The van der Waals surface area contributed by atoms with Crippen LogP contribution in [0.5, 0.6) is 0 Å². The molecule has 2 fully saturated rings. The molecule has 3 N–H and O–H groups in total. The fourth-order valence-electron chi connectivity index (χ4n) is 4.31. The van der Waals surface area contributed by atoms with Crippen molar-refractivity contribution in [2.24, 2.45) is 5.73 Å². The first kappa shape index (κ1) is 15.6. The molecule has 0 radical (unpaired) electrons. The second-order valence-electron chi connectivity index (χ2n) is 7.51. The summed E-state index contributed by atoms with van der Waals surface area (Å²) < 4.78 is 1.97. The second kappa shape index (κ2) is 5.41. The van der Waals surface area contributed by atoms with Crippen molar-refractivity contribution in [2.75, 3.05) is 11.4 Å². The van der Waals surface area contributed by atoms with Gasteiger partial charge >= 0.3 is 5.97 Å². The van der Waals surface area contributed by atoms with Crippen LogP contribution in [-0.2, 0) is 0 Å². The Labute approximate surface area is 149 Å². The van der Waals surface area contributed by atoms with Gasteiger partial charge in [0.15, 0.2) is 0 Å². The van der Waals surface area contributed by atoms with Gasteiger partial charge in [-0.1, -0.05) is 12.2 Å². The zero-order chi connectivity index (χ0) is 18.0. The number of hydrogen-bond donors (Lipinski definition) is 2. The van der Waals surface area contributed by atoms with Crippen LogP contribution in [0.4, 0.5) is 5.82 Å². The number of carboxylic acids is 1. The van der Waals surface area contributed by atoms with Crippen molar-refractivity contribution in [3.63, 3.8) is 0 Å². The molecule has 2 atom stereocenters. The number of fused-ring (bicyclic) bond motifs is 5. The summed E-state index contributed by atoms with van der Waals surface area (Å²) >= 11 is 0. The van der Waals surface area contributed by atoms with Crippen LogP contribution in [0.25, 0.3) is 17.0 Å². The van der Waals surface area contributed by atoms with E-state index in [0.717, 1.165) is 49.1 Å². The first-order valence-electron chi connectivity index (χ1n) is 9.04. The van der Waals surface area contributed by atoms with Crippen molar-refractivity contribution >= 4 is 28.8 Å². The highest BCUT2D eigenvalue weighted by molar-refractivity contribution is 5.97. The molecular formula is C19H20N4O3. The molecule has 5 rings (SSSR count). The Kier molecular flexibility index (Phi) is 3.24. The number of carboxylic acid groups (broad SMARTS) is 1. The molecule has 2 aromatic heterocycles. The first-order chi connectivity index (χ1) is 12.5. The Bertz CT molecular complexity index is 1020. The van der Waals surface area contributed by atoms with Gasteiger partial charge in [-0.25, -0.2) is 9.78 Å². The summed E-state index contributed by atoms with van der Waals surface area (Å²) in [6.45, 7) is 0.749. The minimum absolute atomic E-state index is 0.122. The smallest absolute Gasteiger partial charge is 0.341 e. The van der Waals surface area contributed by atoms with Gasteiger partial charge in [0.25, 0.3) is 0 Å². The molecule has 0 spiro atoms. The lowest BCUT2D eigenvalue weighted by Crippen LogP contribution is -2.31. The number of rotatable bonds is 2. The van der Waals surface area contributed by atoms with Gasteiger partial charge < -0.3 is 20.3 Å². The van der Waals surface area contributed by atoms with Crippen LogP contribution in [0.2, 0.25) is 0 Å². The van der Waals surface area contributed by atoms with Crippen molar-refractivity contribution in [2.45, 2.75) is 43.8 Å². The van der Waals surface area contributed by atoms with E-state index in [4.69, 9.17) is 5.73 Å². The van der Waals surface area contributed by atoms with Crippen LogP contribution in [0.3, 0.4) is 0 Å². The molecule has 1 saturated heterocycles. The number of aromatic nitrogens is 2. The standard InChI is InChI=1S/C19H20N4O3/c20-10-6-12-2-1-3-13-16-14(7-21-18(13)23(12)8-10)17(24)15(19(25)26)9-22(16)11-4-5-11/h1,3,7,9-12H,2,4-6,8,20H2,(H,25,26). The third kappa shape index (κ3) is 2.20. The van der Waals surface area contributed by atoms with Gasteiger partial charge in [-0.2, -0.15) is 0 Å². The molecule has 0 amide bonds. The van der Waals surface area contributed by atoms with E-state index in [9.17, 15) is 14.7 Å². The molecular weight excluding hydrogens is 332 g/mol. The molecule has 1 aliphatic carbocycles. The molecule has 0 bridgehead atoms. The van der Waals surface area contributed by atoms with E-state index in [1.807, 2.05) is 10.6 Å². The van der Waals surface area contributed by atoms with E-state index in [-0.39, 0.29) is 17.6 Å². The van der Waals surface area contributed by atoms with Gasteiger partial charge in [-0.15, -0.1) is 0 Å². The van der Waals surface area contributed by atoms with Gasteiger partial charge in [0, 0.05) is 42.6 Å². The lowest BCUT2D eigenvalue weighted by molar-refractivity contribution is 0.0695. The Balaban J connectivity index is 1.83. The van der Waals surface area contributed by atoms with Crippen molar-refractivity contribution in [3.8, 4) is 0 Å². The monoisotopic (exact) mass is 352 g/mol. The lowest BCUT2D eigenvalue weighted by atomic mass is 10.1. The minimum Gasteiger partial charge on any atom is -0.477 e. The number of pyridine rings is 2. The summed E-state index contributed by atoms with van der Waals surface area (Å²) in [5, 5.41) is 9.79. The highest BCUT2D eigenvalue weighted by Crippen LogP contribution is 2.41. The maximum absolute atomic E-state index is 12.7. The van der Waals surface area contributed by atoms with Gasteiger partial charge in [0.05, 0.1) is 10.9 Å². The third-order valence-electron chi connectivity index (χ3n) is 5.66. The molecule has 4 heterocycles. The SMILES string of the molecule is NC1CC2CC=Cc3c(ncc4c(=O)c(C(=O)O)cn(C5CC5)c34)N2C1. The number of aromatic carboxylic acids is 1. The van der Waals surface area contributed by atoms with Gasteiger partial charge in [-0.3, -0.25) is 4.79 Å². The normalized spacial score (nSPS) is 24.4. The Hall–Kier alpha value is -2.67. The van der Waals surface area contributed by atoms with E-state index in [0.29, 0.717) is 11.4 Å². The number of hydrogen-bond acceptors (Lipinski definition) is 5. The molecule has 0 aromatic carbocycles. The van der Waals surface area contributed by atoms with Crippen LogP contribution in [0.1, 0.15) is 47.6 Å². The molecule has 2 aromatic rings. The van der Waals surface area contributed by atoms with Gasteiger partial charge in [0.2, 0.25) is 5.43 Å². The highest BCUT2D eigenvalue weighted by Gasteiger charge is 2.35. The largest absolute Gasteiger partial charge is 0.477 e. The summed E-state index contributed by atoms with van der Waals surface area (Å²) in [4.78, 5) is 31.1. The highest BCUT2D eigenvalue weighted by atomic mass is 16.4.